The van der Waals surface area contributed by atoms with E-state index in [2.05, 4.69) is 20.8 Å². The maximum absolute atomic E-state index is 11.6. The second-order valence-electron chi connectivity index (χ2n) is 4.67. The Morgan fingerprint density at radius 2 is 1.86 bits per heavy atom. The monoisotopic (exact) mass is 219 g/mol. The van der Waals surface area contributed by atoms with E-state index < -0.39 is 10.8 Å². The molecule has 0 fully saturated rings. The van der Waals surface area contributed by atoms with Gasteiger partial charge in [0.1, 0.15) is 0 Å². The molecule has 0 spiro atoms. The summed E-state index contributed by atoms with van der Waals surface area (Å²) in [6, 6.07) is 0. The van der Waals surface area contributed by atoms with Gasteiger partial charge in [0.2, 0.25) is 0 Å². The Kier molecular flexibility index (Phi) is 7.47. The molecule has 0 aromatic rings. The molecule has 2 N–H and O–H groups in total. The van der Waals surface area contributed by atoms with Gasteiger partial charge in [0.05, 0.1) is 0 Å². The van der Waals surface area contributed by atoms with E-state index in [1.807, 2.05) is 0 Å². The maximum atomic E-state index is 11.6. The average Bonchev–Trinajstić information content (AvgIpc) is 2.16. The van der Waals surface area contributed by atoms with Gasteiger partial charge in [-0.2, -0.15) is 0 Å². The van der Waals surface area contributed by atoms with Gasteiger partial charge in [-0.15, -0.1) is 0 Å². The van der Waals surface area contributed by atoms with Gasteiger partial charge in [0.25, 0.3) is 0 Å². The molecule has 0 aromatic heterocycles. The molecule has 2 nitrogen and oxygen atoms in total. The number of nitrogens with two attached hydrogens (primary N) is 1. The predicted molar refractivity (Wildman–Crippen MR) is 64.9 cm³/mol. The summed E-state index contributed by atoms with van der Waals surface area (Å²) in [5.74, 6) is 1.68. The molecule has 0 saturated carbocycles. The molecule has 0 aliphatic rings. The zero-order valence-electron chi connectivity index (χ0n) is 9.84. The van der Waals surface area contributed by atoms with Crippen molar-refractivity contribution in [3.8, 4) is 0 Å². The average molecular weight is 219 g/mol. The van der Waals surface area contributed by atoms with E-state index in [9.17, 15) is 4.21 Å². The molecule has 0 saturated heterocycles. The number of rotatable bonds is 8. The molecule has 3 heteroatoms. The zero-order valence-corrected chi connectivity index (χ0v) is 10.7. The van der Waals surface area contributed by atoms with Crippen molar-refractivity contribution in [2.75, 3.05) is 18.1 Å². The molecule has 0 heterocycles. The lowest BCUT2D eigenvalue weighted by Gasteiger charge is -2.21. The minimum atomic E-state index is -0.625. The van der Waals surface area contributed by atoms with E-state index in [1.165, 1.54) is 12.8 Å². The Balaban J connectivity index is 3.53. The molecule has 86 valence electrons. The van der Waals surface area contributed by atoms with Crippen LogP contribution in [0, 0.1) is 5.41 Å². The van der Waals surface area contributed by atoms with Crippen LogP contribution >= 0.6 is 0 Å². The fraction of sp³-hybridized carbons (Fsp3) is 1.00. The summed E-state index contributed by atoms with van der Waals surface area (Å²) in [5.41, 5.74) is 5.77. The predicted octanol–water partition coefficient (Wildman–Crippen LogP) is 2.30. The van der Waals surface area contributed by atoms with Crippen molar-refractivity contribution in [2.24, 2.45) is 11.1 Å². The molecule has 0 aromatic carbocycles. The number of unbranched alkanes of at least 4 members (excludes halogenated alkanes) is 2. The molecular formula is C11H25NOS. The van der Waals surface area contributed by atoms with Gasteiger partial charge in [-0.1, -0.05) is 33.6 Å². The fourth-order valence-corrected chi connectivity index (χ4v) is 2.62. The lowest BCUT2D eigenvalue weighted by Crippen LogP contribution is -2.25. The van der Waals surface area contributed by atoms with Crippen LogP contribution in [0.1, 0.15) is 46.5 Å². The number of hydrogen-bond acceptors (Lipinski definition) is 2. The van der Waals surface area contributed by atoms with Gasteiger partial charge in [-0.3, -0.25) is 4.21 Å². The summed E-state index contributed by atoms with van der Waals surface area (Å²) >= 11 is 0. The molecule has 0 amide bonds. The highest BCUT2D eigenvalue weighted by Gasteiger charge is 2.16. The van der Waals surface area contributed by atoms with Gasteiger partial charge in [0.15, 0.2) is 0 Å². The van der Waals surface area contributed by atoms with E-state index in [1.54, 1.807) is 0 Å². The maximum Gasteiger partial charge on any atom is 0.0240 e. The van der Waals surface area contributed by atoms with Crippen LogP contribution in [0.4, 0.5) is 0 Å². The highest BCUT2D eigenvalue weighted by Crippen LogP contribution is 2.18. The summed E-state index contributed by atoms with van der Waals surface area (Å²) in [6.45, 7) is 7.12. The highest BCUT2D eigenvalue weighted by atomic mass is 32.2. The van der Waals surface area contributed by atoms with Crippen LogP contribution in [-0.4, -0.2) is 22.3 Å². The fourth-order valence-electron chi connectivity index (χ4n) is 1.11. The van der Waals surface area contributed by atoms with Crippen molar-refractivity contribution in [1.82, 2.24) is 0 Å². The van der Waals surface area contributed by atoms with Crippen molar-refractivity contribution >= 4 is 10.8 Å². The van der Waals surface area contributed by atoms with Crippen molar-refractivity contribution in [3.63, 3.8) is 0 Å². The summed E-state index contributed by atoms with van der Waals surface area (Å²) in [6.07, 6.45) is 4.48. The zero-order chi connectivity index (χ0) is 11.0. The van der Waals surface area contributed by atoms with E-state index in [0.29, 0.717) is 6.54 Å². The van der Waals surface area contributed by atoms with Crippen LogP contribution in [-0.2, 0) is 10.8 Å². The molecule has 0 rings (SSSR count). The number of hydrogen-bond donors (Lipinski definition) is 1. The van der Waals surface area contributed by atoms with Crippen LogP contribution in [0.3, 0.4) is 0 Å². The van der Waals surface area contributed by atoms with Crippen LogP contribution in [0.2, 0.25) is 0 Å². The third kappa shape index (κ3) is 7.51. The van der Waals surface area contributed by atoms with Crippen LogP contribution in [0.15, 0.2) is 0 Å². The van der Waals surface area contributed by atoms with E-state index in [4.69, 9.17) is 5.73 Å². The molecule has 0 aliphatic heterocycles. The Hall–Kier alpha value is 0.110. The van der Waals surface area contributed by atoms with Crippen molar-refractivity contribution in [2.45, 2.75) is 46.5 Å². The first-order valence-electron chi connectivity index (χ1n) is 5.57. The molecule has 0 bridgehead atoms. The molecule has 14 heavy (non-hydrogen) atoms. The van der Waals surface area contributed by atoms with Gasteiger partial charge in [-0.05, 0) is 24.8 Å². The Morgan fingerprint density at radius 3 is 2.36 bits per heavy atom. The molecule has 0 aliphatic carbocycles. The summed E-state index contributed by atoms with van der Waals surface area (Å²) in [4.78, 5) is 0. The van der Waals surface area contributed by atoms with E-state index in [-0.39, 0.29) is 5.41 Å². The molecule has 1 unspecified atom stereocenters. The Bertz CT molecular complexity index is 169. The van der Waals surface area contributed by atoms with Gasteiger partial charge in [0, 0.05) is 22.3 Å². The first-order valence-corrected chi connectivity index (χ1v) is 7.05. The summed E-state index contributed by atoms with van der Waals surface area (Å²) in [7, 11) is -0.625. The van der Waals surface area contributed by atoms with Gasteiger partial charge in [-0.25, -0.2) is 0 Å². The first-order chi connectivity index (χ1) is 6.52. The largest absolute Gasteiger partial charge is 0.330 e. The van der Waals surface area contributed by atoms with Crippen LogP contribution in [0.25, 0.3) is 0 Å². The van der Waals surface area contributed by atoms with E-state index in [0.717, 1.165) is 24.3 Å². The minimum Gasteiger partial charge on any atom is -0.330 e. The molecule has 0 radical (unpaired) electrons. The normalized spacial score (nSPS) is 14.3. The first kappa shape index (κ1) is 14.1. The summed E-state index contributed by atoms with van der Waals surface area (Å²) in [5, 5.41) is 0. The third-order valence-corrected chi connectivity index (χ3v) is 3.94. The SMILES string of the molecule is CCCCCS(=O)CCC(C)(C)CN. The standard InChI is InChI=1S/C11H25NOS/c1-4-5-6-8-14(13)9-7-11(2,3)10-12/h4-10,12H2,1-3H3. The lowest BCUT2D eigenvalue weighted by molar-refractivity contribution is 0.367. The topological polar surface area (TPSA) is 43.1 Å². The second kappa shape index (κ2) is 7.41. The summed E-state index contributed by atoms with van der Waals surface area (Å²) < 4.78 is 11.6. The smallest absolute Gasteiger partial charge is 0.0240 e. The van der Waals surface area contributed by atoms with E-state index >= 15 is 0 Å². The Labute approximate surface area is 91.1 Å². The van der Waals surface area contributed by atoms with Gasteiger partial charge < -0.3 is 5.73 Å². The van der Waals surface area contributed by atoms with Crippen LogP contribution in [0.5, 0.6) is 0 Å². The highest BCUT2D eigenvalue weighted by molar-refractivity contribution is 7.84. The quantitative estimate of drug-likeness (QED) is 0.637. The van der Waals surface area contributed by atoms with Crippen molar-refractivity contribution in [1.29, 1.82) is 0 Å². The van der Waals surface area contributed by atoms with Crippen LogP contribution < -0.4 is 5.73 Å². The molecule has 1 atom stereocenters. The van der Waals surface area contributed by atoms with Crippen molar-refractivity contribution in [3.05, 3.63) is 0 Å². The van der Waals surface area contributed by atoms with Gasteiger partial charge >= 0.3 is 0 Å². The molecular weight excluding hydrogens is 194 g/mol. The minimum absolute atomic E-state index is 0.153. The van der Waals surface area contributed by atoms with Crippen molar-refractivity contribution < 1.29 is 4.21 Å². The Morgan fingerprint density at radius 1 is 1.21 bits per heavy atom. The second-order valence-corrected chi connectivity index (χ2v) is 6.37. The lowest BCUT2D eigenvalue weighted by atomic mass is 9.91. The third-order valence-electron chi connectivity index (χ3n) is 2.53.